The lowest BCUT2D eigenvalue weighted by Gasteiger charge is -2.35. The van der Waals surface area contributed by atoms with Crippen LogP contribution in [0.4, 0.5) is 0 Å². The van der Waals surface area contributed by atoms with Gasteiger partial charge in [-0.2, -0.15) is 0 Å². The minimum Gasteiger partial charge on any atom is -0.396 e. The van der Waals surface area contributed by atoms with Crippen LogP contribution in [0.1, 0.15) is 42.1 Å². The van der Waals surface area contributed by atoms with Crippen LogP contribution < -0.4 is 0 Å². The van der Waals surface area contributed by atoms with E-state index in [0.717, 1.165) is 25.2 Å². The molecule has 112 valence electrons. The van der Waals surface area contributed by atoms with Gasteiger partial charge in [0.25, 0.3) is 0 Å². The number of aliphatic hydroxyl groups excluding tert-OH is 1. The number of fused-ring (bicyclic) bond motifs is 1. The van der Waals surface area contributed by atoms with Gasteiger partial charge in [0.05, 0.1) is 11.2 Å². The summed E-state index contributed by atoms with van der Waals surface area (Å²) in [4.78, 5) is 6.92. The van der Waals surface area contributed by atoms with Crippen molar-refractivity contribution in [2.75, 3.05) is 13.2 Å². The van der Waals surface area contributed by atoms with Crippen LogP contribution >= 0.6 is 11.3 Å². The Morgan fingerprint density at radius 2 is 2.24 bits per heavy atom. The van der Waals surface area contributed by atoms with E-state index >= 15 is 0 Å². The van der Waals surface area contributed by atoms with Crippen molar-refractivity contribution in [3.8, 4) is 0 Å². The monoisotopic (exact) mass is 302 g/mol. The highest BCUT2D eigenvalue weighted by atomic mass is 32.1. The molecule has 3 nitrogen and oxygen atoms in total. The van der Waals surface area contributed by atoms with Gasteiger partial charge < -0.3 is 5.11 Å². The van der Waals surface area contributed by atoms with Crippen molar-refractivity contribution in [3.05, 3.63) is 52.0 Å². The maximum atomic E-state index is 9.19. The summed E-state index contributed by atoms with van der Waals surface area (Å²) >= 11 is 1.65. The van der Waals surface area contributed by atoms with Crippen molar-refractivity contribution < 1.29 is 5.11 Å². The van der Waals surface area contributed by atoms with E-state index in [2.05, 4.69) is 39.5 Å². The molecule has 0 aliphatic heterocycles. The van der Waals surface area contributed by atoms with E-state index in [9.17, 15) is 5.11 Å². The number of aliphatic hydroxyl groups is 1. The van der Waals surface area contributed by atoms with E-state index in [1.54, 1.807) is 11.3 Å². The number of rotatable bonds is 6. The van der Waals surface area contributed by atoms with Crippen LogP contribution in [0.15, 0.2) is 35.2 Å². The quantitative estimate of drug-likeness (QED) is 0.888. The molecule has 4 heteroatoms. The molecule has 0 amide bonds. The number of hydrogen-bond acceptors (Lipinski definition) is 4. The molecule has 0 spiro atoms. The van der Waals surface area contributed by atoms with E-state index in [0.29, 0.717) is 6.04 Å². The maximum Gasteiger partial charge on any atom is 0.0795 e. The largest absolute Gasteiger partial charge is 0.396 e. The highest BCUT2D eigenvalue weighted by Crippen LogP contribution is 2.35. The van der Waals surface area contributed by atoms with E-state index < -0.39 is 0 Å². The molecule has 3 rings (SSSR count). The van der Waals surface area contributed by atoms with Crippen LogP contribution in [-0.4, -0.2) is 28.1 Å². The molecule has 0 bridgehead atoms. The Bertz CT molecular complexity index is 556. The van der Waals surface area contributed by atoms with E-state index in [1.807, 2.05) is 5.51 Å². The van der Waals surface area contributed by atoms with E-state index in [1.165, 1.54) is 30.4 Å². The first kappa shape index (κ1) is 14.7. The summed E-state index contributed by atoms with van der Waals surface area (Å²) in [5, 5.41) is 11.3. The third-order valence-electron chi connectivity index (χ3n) is 4.23. The number of benzene rings is 1. The van der Waals surface area contributed by atoms with Gasteiger partial charge in [-0.1, -0.05) is 24.3 Å². The molecule has 1 unspecified atom stereocenters. The highest BCUT2D eigenvalue weighted by molar-refractivity contribution is 7.07. The van der Waals surface area contributed by atoms with Crippen LogP contribution in [0, 0.1) is 0 Å². The summed E-state index contributed by atoms with van der Waals surface area (Å²) in [7, 11) is 0. The van der Waals surface area contributed by atoms with Gasteiger partial charge in [0.2, 0.25) is 0 Å². The highest BCUT2D eigenvalue weighted by Gasteiger charge is 2.25. The molecular formula is C17H22N2OS. The van der Waals surface area contributed by atoms with Crippen LogP contribution in [0.5, 0.6) is 0 Å². The van der Waals surface area contributed by atoms with E-state index in [4.69, 9.17) is 0 Å². The summed E-state index contributed by atoms with van der Waals surface area (Å²) in [6, 6.07) is 9.27. The second kappa shape index (κ2) is 7.16. The molecule has 1 heterocycles. The minimum absolute atomic E-state index is 0.252. The molecular weight excluding hydrogens is 280 g/mol. The van der Waals surface area contributed by atoms with Gasteiger partial charge in [0.15, 0.2) is 0 Å². The Kier molecular flexibility index (Phi) is 5.01. The van der Waals surface area contributed by atoms with Crippen LogP contribution in [0.3, 0.4) is 0 Å². The van der Waals surface area contributed by atoms with Crippen LogP contribution in [0.25, 0.3) is 0 Å². The van der Waals surface area contributed by atoms with Crippen molar-refractivity contribution in [1.29, 1.82) is 0 Å². The molecule has 21 heavy (non-hydrogen) atoms. The second-order valence-electron chi connectivity index (χ2n) is 5.63. The standard InChI is InChI=1S/C17H22N2OS/c20-10-4-9-19(11-15-12-21-13-18-15)17-8-3-6-14-5-1-2-7-16(14)17/h1-2,5,7,12-13,17,20H,3-4,6,8-11H2. The zero-order valence-corrected chi connectivity index (χ0v) is 13.1. The van der Waals surface area contributed by atoms with Gasteiger partial charge >= 0.3 is 0 Å². The molecule has 0 radical (unpaired) electrons. The number of thiazole rings is 1. The molecule has 0 saturated carbocycles. The Morgan fingerprint density at radius 3 is 3.05 bits per heavy atom. The summed E-state index contributed by atoms with van der Waals surface area (Å²) in [6.07, 6.45) is 4.46. The molecule has 1 N–H and O–H groups in total. The van der Waals surface area contributed by atoms with Gasteiger partial charge in [-0.05, 0) is 36.8 Å². The summed E-state index contributed by atoms with van der Waals surface area (Å²) in [6.45, 7) is 2.05. The summed E-state index contributed by atoms with van der Waals surface area (Å²) in [5.74, 6) is 0. The lowest BCUT2D eigenvalue weighted by Crippen LogP contribution is -2.32. The fourth-order valence-corrected chi connectivity index (χ4v) is 3.80. The number of aryl methyl sites for hydroxylation is 1. The Hall–Kier alpha value is -1.23. The lowest BCUT2D eigenvalue weighted by atomic mass is 9.86. The maximum absolute atomic E-state index is 9.19. The Balaban J connectivity index is 1.82. The summed E-state index contributed by atoms with van der Waals surface area (Å²) < 4.78 is 0. The predicted octanol–water partition coefficient (Wildman–Crippen LogP) is 3.41. The molecule has 1 aliphatic rings. The van der Waals surface area contributed by atoms with Gasteiger partial charge in [0.1, 0.15) is 0 Å². The van der Waals surface area contributed by atoms with Gasteiger partial charge in [-0.3, -0.25) is 4.90 Å². The molecule has 1 atom stereocenters. The SMILES string of the molecule is OCCCN(Cc1cscn1)C1CCCc2ccccc21. The van der Waals surface area contributed by atoms with Gasteiger partial charge in [-0.25, -0.2) is 4.98 Å². The molecule has 0 fully saturated rings. The first-order chi connectivity index (χ1) is 10.4. The van der Waals surface area contributed by atoms with Gasteiger partial charge in [-0.15, -0.1) is 11.3 Å². The average Bonchev–Trinajstić information content (AvgIpc) is 3.04. The molecule has 1 aromatic carbocycles. The lowest BCUT2D eigenvalue weighted by molar-refractivity contribution is 0.150. The minimum atomic E-state index is 0.252. The predicted molar refractivity (Wildman–Crippen MR) is 86.3 cm³/mol. The molecule has 1 aliphatic carbocycles. The van der Waals surface area contributed by atoms with Crippen LogP contribution in [-0.2, 0) is 13.0 Å². The van der Waals surface area contributed by atoms with Gasteiger partial charge in [0, 0.05) is 31.1 Å². The van der Waals surface area contributed by atoms with E-state index in [-0.39, 0.29) is 6.61 Å². The van der Waals surface area contributed by atoms with Crippen LogP contribution in [0.2, 0.25) is 0 Å². The van der Waals surface area contributed by atoms with Crippen molar-refractivity contribution in [2.45, 2.75) is 38.3 Å². The topological polar surface area (TPSA) is 36.4 Å². The second-order valence-corrected chi connectivity index (χ2v) is 6.35. The first-order valence-electron chi connectivity index (χ1n) is 7.68. The van der Waals surface area contributed by atoms with Crippen molar-refractivity contribution in [1.82, 2.24) is 9.88 Å². The smallest absolute Gasteiger partial charge is 0.0795 e. The molecule has 0 saturated heterocycles. The zero-order valence-electron chi connectivity index (χ0n) is 12.2. The fourth-order valence-electron chi connectivity index (χ4n) is 3.25. The third kappa shape index (κ3) is 3.51. The third-order valence-corrected chi connectivity index (χ3v) is 4.87. The normalized spacial score (nSPS) is 17.9. The Labute approximate surface area is 130 Å². The molecule has 1 aromatic heterocycles. The number of aromatic nitrogens is 1. The van der Waals surface area contributed by atoms with Crippen molar-refractivity contribution in [2.24, 2.45) is 0 Å². The summed E-state index contributed by atoms with van der Waals surface area (Å²) in [5.41, 5.74) is 5.99. The fraction of sp³-hybridized carbons (Fsp3) is 0.471. The van der Waals surface area contributed by atoms with Crippen molar-refractivity contribution >= 4 is 11.3 Å². The zero-order chi connectivity index (χ0) is 14.5. The molecule has 2 aromatic rings. The Morgan fingerprint density at radius 1 is 1.33 bits per heavy atom. The average molecular weight is 302 g/mol. The van der Waals surface area contributed by atoms with Crippen molar-refractivity contribution in [3.63, 3.8) is 0 Å². The number of nitrogens with zero attached hydrogens (tertiary/aromatic N) is 2. The first-order valence-corrected chi connectivity index (χ1v) is 8.62. The number of hydrogen-bond donors (Lipinski definition) is 1.